The third-order valence-corrected chi connectivity index (χ3v) is 2.42. The molecule has 62 valence electrons. The number of aliphatic hydroxyl groups is 1. The van der Waals surface area contributed by atoms with Gasteiger partial charge in [-0.15, -0.1) is 11.3 Å². The first-order chi connectivity index (χ1) is 5.90. The van der Waals surface area contributed by atoms with E-state index in [0.29, 0.717) is 5.69 Å². The van der Waals surface area contributed by atoms with Crippen LogP contribution in [-0.2, 0) is 6.61 Å². The van der Waals surface area contributed by atoms with E-state index in [9.17, 15) is 0 Å². The highest BCUT2D eigenvalue weighted by Crippen LogP contribution is 2.23. The summed E-state index contributed by atoms with van der Waals surface area (Å²) in [6, 6.07) is 1.85. The summed E-state index contributed by atoms with van der Waals surface area (Å²) in [7, 11) is 0. The molecule has 0 atom stereocenters. The van der Waals surface area contributed by atoms with Crippen molar-refractivity contribution in [3.05, 3.63) is 29.7 Å². The fourth-order valence-corrected chi connectivity index (χ4v) is 1.70. The Balaban J connectivity index is 2.35. The van der Waals surface area contributed by atoms with Crippen LogP contribution in [0.25, 0.3) is 10.6 Å². The number of hydrogen-bond donors (Lipinski definition) is 1. The second-order valence-electron chi connectivity index (χ2n) is 2.31. The van der Waals surface area contributed by atoms with Crippen LogP contribution in [0.4, 0.5) is 0 Å². The summed E-state index contributed by atoms with van der Waals surface area (Å²) in [5.74, 6) is 0. The highest BCUT2D eigenvalue weighted by molar-refractivity contribution is 7.13. The first kappa shape index (κ1) is 7.52. The van der Waals surface area contributed by atoms with Crippen LogP contribution < -0.4 is 0 Å². The Labute approximate surface area is 73.3 Å². The number of furan rings is 1. The van der Waals surface area contributed by atoms with Crippen LogP contribution >= 0.6 is 11.3 Å². The Bertz CT molecular complexity index is 353. The highest BCUT2D eigenvalue weighted by atomic mass is 32.1. The van der Waals surface area contributed by atoms with E-state index in [-0.39, 0.29) is 6.61 Å². The predicted octanol–water partition coefficient (Wildman–Crippen LogP) is 1.90. The van der Waals surface area contributed by atoms with Crippen LogP contribution in [0.15, 0.2) is 28.4 Å². The predicted molar refractivity (Wildman–Crippen MR) is 45.7 cm³/mol. The molecule has 2 aromatic rings. The minimum Gasteiger partial charge on any atom is -0.472 e. The molecule has 0 aliphatic carbocycles. The molecule has 0 spiro atoms. The van der Waals surface area contributed by atoms with E-state index >= 15 is 0 Å². The van der Waals surface area contributed by atoms with E-state index in [1.54, 1.807) is 12.5 Å². The van der Waals surface area contributed by atoms with Crippen molar-refractivity contribution in [2.24, 2.45) is 0 Å². The van der Waals surface area contributed by atoms with Gasteiger partial charge in [-0.05, 0) is 6.07 Å². The number of hydrogen-bond acceptors (Lipinski definition) is 4. The second kappa shape index (κ2) is 3.08. The normalized spacial score (nSPS) is 10.4. The Kier molecular flexibility index (Phi) is 1.93. The molecule has 0 aliphatic rings. The Morgan fingerprint density at radius 2 is 2.50 bits per heavy atom. The number of aliphatic hydroxyl groups excluding tert-OH is 1. The minimum absolute atomic E-state index is 0.00560. The van der Waals surface area contributed by atoms with Gasteiger partial charge in [-0.25, -0.2) is 4.98 Å². The van der Waals surface area contributed by atoms with Crippen LogP contribution in [0.2, 0.25) is 0 Å². The van der Waals surface area contributed by atoms with Gasteiger partial charge in [-0.2, -0.15) is 0 Å². The van der Waals surface area contributed by atoms with Gasteiger partial charge in [0, 0.05) is 10.9 Å². The van der Waals surface area contributed by atoms with Gasteiger partial charge in [0.25, 0.3) is 0 Å². The molecule has 0 aromatic carbocycles. The van der Waals surface area contributed by atoms with Crippen molar-refractivity contribution >= 4 is 11.3 Å². The monoisotopic (exact) mass is 181 g/mol. The maximum atomic E-state index is 8.77. The standard InChI is InChI=1S/C8H7NO2S/c10-3-7-5-12-8(9-7)6-1-2-11-4-6/h1-2,4-5,10H,3H2. The van der Waals surface area contributed by atoms with Crippen LogP contribution in [0, 0.1) is 0 Å². The van der Waals surface area contributed by atoms with Gasteiger partial charge < -0.3 is 9.52 Å². The van der Waals surface area contributed by atoms with Gasteiger partial charge in [0.1, 0.15) is 11.3 Å². The molecule has 1 N–H and O–H groups in total. The summed E-state index contributed by atoms with van der Waals surface area (Å²) < 4.78 is 4.92. The van der Waals surface area contributed by atoms with Crippen LogP contribution in [0.1, 0.15) is 5.69 Å². The summed E-state index contributed by atoms with van der Waals surface area (Å²) in [5, 5.41) is 11.5. The molecule has 12 heavy (non-hydrogen) atoms. The van der Waals surface area contributed by atoms with Crippen molar-refractivity contribution in [1.82, 2.24) is 4.98 Å². The summed E-state index contributed by atoms with van der Waals surface area (Å²) in [4.78, 5) is 4.18. The summed E-state index contributed by atoms with van der Waals surface area (Å²) >= 11 is 1.50. The summed E-state index contributed by atoms with van der Waals surface area (Å²) in [6.45, 7) is -0.00560. The van der Waals surface area contributed by atoms with E-state index < -0.39 is 0 Å². The van der Waals surface area contributed by atoms with E-state index in [2.05, 4.69) is 4.98 Å². The number of rotatable bonds is 2. The first-order valence-corrected chi connectivity index (χ1v) is 4.36. The molecule has 2 rings (SSSR count). The first-order valence-electron chi connectivity index (χ1n) is 3.48. The van der Waals surface area contributed by atoms with Crippen LogP contribution in [0.3, 0.4) is 0 Å². The Hall–Kier alpha value is -1.13. The van der Waals surface area contributed by atoms with Gasteiger partial charge in [0.2, 0.25) is 0 Å². The molecule has 0 radical (unpaired) electrons. The molecule has 0 aliphatic heterocycles. The highest BCUT2D eigenvalue weighted by Gasteiger charge is 2.03. The van der Waals surface area contributed by atoms with Crippen molar-refractivity contribution in [3.8, 4) is 10.6 Å². The van der Waals surface area contributed by atoms with Gasteiger partial charge in [-0.1, -0.05) is 0 Å². The van der Waals surface area contributed by atoms with Gasteiger partial charge >= 0.3 is 0 Å². The maximum absolute atomic E-state index is 8.77. The lowest BCUT2D eigenvalue weighted by atomic mass is 10.4. The Morgan fingerprint density at radius 1 is 1.58 bits per heavy atom. The molecular formula is C8H7NO2S. The Morgan fingerprint density at radius 3 is 3.08 bits per heavy atom. The molecule has 0 amide bonds. The molecule has 4 heteroatoms. The molecule has 0 unspecified atom stereocenters. The molecule has 2 heterocycles. The third-order valence-electron chi connectivity index (χ3n) is 1.48. The molecule has 0 fully saturated rings. The van der Waals surface area contributed by atoms with Crippen LogP contribution in [-0.4, -0.2) is 10.1 Å². The number of thiazole rings is 1. The van der Waals surface area contributed by atoms with Crippen molar-refractivity contribution in [2.75, 3.05) is 0 Å². The summed E-state index contributed by atoms with van der Waals surface area (Å²) in [5.41, 5.74) is 1.66. The van der Waals surface area contributed by atoms with E-state index in [1.165, 1.54) is 11.3 Å². The average molecular weight is 181 g/mol. The lowest BCUT2D eigenvalue weighted by Gasteiger charge is -1.85. The lowest BCUT2D eigenvalue weighted by molar-refractivity contribution is 0.278. The SMILES string of the molecule is OCc1csc(-c2ccoc2)n1. The summed E-state index contributed by atoms with van der Waals surface area (Å²) in [6.07, 6.45) is 3.25. The number of aromatic nitrogens is 1. The molecular weight excluding hydrogens is 174 g/mol. The van der Waals surface area contributed by atoms with Crippen molar-refractivity contribution in [1.29, 1.82) is 0 Å². The molecule has 3 nitrogen and oxygen atoms in total. The van der Waals surface area contributed by atoms with E-state index in [4.69, 9.17) is 9.52 Å². The zero-order valence-electron chi connectivity index (χ0n) is 6.23. The van der Waals surface area contributed by atoms with Crippen molar-refractivity contribution in [2.45, 2.75) is 6.61 Å². The molecule has 2 aromatic heterocycles. The maximum Gasteiger partial charge on any atom is 0.126 e. The fraction of sp³-hybridized carbons (Fsp3) is 0.125. The second-order valence-corrected chi connectivity index (χ2v) is 3.17. The lowest BCUT2D eigenvalue weighted by Crippen LogP contribution is -1.81. The average Bonchev–Trinajstić information content (AvgIpc) is 2.75. The zero-order valence-corrected chi connectivity index (χ0v) is 7.04. The quantitative estimate of drug-likeness (QED) is 0.769. The van der Waals surface area contributed by atoms with Crippen molar-refractivity contribution < 1.29 is 9.52 Å². The molecule has 0 bridgehead atoms. The zero-order chi connectivity index (χ0) is 8.39. The minimum atomic E-state index is -0.00560. The van der Waals surface area contributed by atoms with Gasteiger partial charge in [-0.3, -0.25) is 0 Å². The van der Waals surface area contributed by atoms with Gasteiger partial charge in [0.05, 0.1) is 18.6 Å². The number of nitrogens with zero attached hydrogens (tertiary/aromatic N) is 1. The smallest absolute Gasteiger partial charge is 0.126 e. The van der Waals surface area contributed by atoms with Gasteiger partial charge in [0.15, 0.2) is 0 Å². The molecule has 0 saturated heterocycles. The van der Waals surface area contributed by atoms with E-state index in [1.807, 2.05) is 11.4 Å². The topological polar surface area (TPSA) is 46.3 Å². The fourth-order valence-electron chi connectivity index (χ4n) is 0.898. The largest absolute Gasteiger partial charge is 0.472 e. The van der Waals surface area contributed by atoms with Crippen LogP contribution in [0.5, 0.6) is 0 Å². The third kappa shape index (κ3) is 1.26. The van der Waals surface area contributed by atoms with Crippen molar-refractivity contribution in [3.63, 3.8) is 0 Å². The van der Waals surface area contributed by atoms with E-state index in [0.717, 1.165) is 10.6 Å². The molecule has 0 saturated carbocycles.